The Morgan fingerprint density at radius 2 is 2.16 bits per heavy atom. The number of benzene rings is 1. The van der Waals surface area contributed by atoms with Gasteiger partial charge in [-0.25, -0.2) is 4.68 Å². The number of halogens is 1. The summed E-state index contributed by atoms with van der Waals surface area (Å²) in [5.41, 5.74) is 7.03. The highest BCUT2D eigenvalue weighted by atomic mass is 35.5. The Hall–Kier alpha value is -2.19. The second-order valence-corrected chi connectivity index (χ2v) is 4.48. The van der Waals surface area contributed by atoms with Gasteiger partial charge in [0, 0.05) is 13.6 Å². The number of nitrogens with two attached hydrogens (primary N) is 1. The Morgan fingerprint density at radius 3 is 2.74 bits per heavy atom. The van der Waals surface area contributed by atoms with Gasteiger partial charge in [-0.05, 0) is 19.1 Å². The lowest BCUT2D eigenvalue weighted by molar-refractivity contribution is 0.852. The molecule has 1 aromatic carbocycles. The minimum absolute atomic E-state index is 0.297. The van der Waals surface area contributed by atoms with Crippen LogP contribution in [0.25, 0.3) is 5.69 Å². The van der Waals surface area contributed by atoms with Crippen molar-refractivity contribution in [1.29, 1.82) is 5.26 Å². The molecule has 1 heterocycles. The molecular formula is C13H14ClN5. The van der Waals surface area contributed by atoms with Gasteiger partial charge in [0.05, 0.1) is 10.7 Å². The van der Waals surface area contributed by atoms with Crippen molar-refractivity contribution in [1.82, 2.24) is 9.78 Å². The number of rotatable bonds is 3. The van der Waals surface area contributed by atoms with E-state index in [2.05, 4.69) is 11.2 Å². The maximum Gasteiger partial charge on any atom is 0.171 e. The third-order valence-electron chi connectivity index (χ3n) is 2.93. The largest absolute Gasteiger partial charge is 0.382 e. The molecule has 0 atom stereocenters. The number of hydrogen-bond acceptors (Lipinski definition) is 4. The van der Waals surface area contributed by atoms with Crippen LogP contribution in [0.5, 0.6) is 0 Å². The number of nitrogen functional groups attached to an aromatic ring is 1. The predicted octanol–water partition coefficient (Wildman–Crippen LogP) is 2.44. The molecule has 1 aromatic heterocycles. The van der Waals surface area contributed by atoms with Crippen molar-refractivity contribution in [3.63, 3.8) is 0 Å². The molecule has 0 saturated heterocycles. The van der Waals surface area contributed by atoms with Crippen LogP contribution in [0.3, 0.4) is 0 Å². The Balaban J connectivity index is 2.64. The monoisotopic (exact) mass is 275 g/mol. The number of nitriles is 1. The molecule has 2 aromatic rings. The van der Waals surface area contributed by atoms with E-state index in [0.29, 0.717) is 27.9 Å². The standard InChI is InChI=1S/C13H14ClN5/c1-3-18(2)13-9(8-15)12(16)19(17-13)11-7-5-4-6-10(11)14/h4-7H,3,16H2,1-2H3. The van der Waals surface area contributed by atoms with Gasteiger partial charge < -0.3 is 10.6 Å². The van der Waals surface area contributed by atoms with Gasteiger partial charge in [0.25, 0.3) is 0 Å². The minimum atomic E-state index is 0.297. The van der Waals surface area contributed by atoms with Crippen LogP contribution in [-0.2, 0) is 0 Å². The van der Waals surface area contributed by atoms with Crippen molar-refractivity contribution in [2.75, 3.05) is 24.2 Å². The average Bonchev–Trinajstić information content (AvgIpc) is 2.75. The highest BCUT2D eigenvalue weighted by molar-refractivity contribution is 6.32. The zero-order valence-electron chi connectivity index (χ0n) is 10.8. The first-order valence-corrected chi connectivity index (χ1v) is 6.22. The highest BCUT2D eigenvalue weighted by Gasteiger charge is 2.19. The molecule has 0 saturated carbocycles. The predicted molar refractivity (Wildman–Crippen MR) is 76.6 cm³/mol. The van der Waals surface area contributed by atoms with Crippen LogP contribution in [0.2, 0.25) is 5.02 Å². The summed E-state index contributed by atoms with van der Waals surface area (Å²) in [6.07, 6.45) is 0. The Labute approximate surface area is 116 Å². The third kappa shape index (κ3) is 2.23. The van der Waals surface area contributed by atoms with Crippen LogP contribution in [0.1, 0.15) is 12.5 Å². The Bertz CT molecular complexity index is 641. The van der Waals surface area contributed by atoms with Crippen LogP contribution in [0.15, 0.2) is 24.3 Å². The quantitative estimate of drug-likeness (QED) is 0.934. The van der Waals surface area contributed by atoms with Crippen molar-refractivity contribution < 1.29 is 0 Å². The van der Waals surface area contributed by atoms with Crippen LogP contribution in [-0.4, -0.2) is 23.4 Å². The van der Waals surface area contributed by atoms with E-state index in [1.54, 1.807) is 6.07 Å². The van der Waals surface area contributed by atoms with Crippen LogP contribution < -0.4 is 10.6 Å². The maximum atomic E-state index is 9.23. The number of hydrogen-bond donors (Lipinski definition) is 1. The zero-order chi connectivity index (χ0) is 14.0. The number of aromatic nitrogens is 2. The summed E-state index contributed by atoms with van der Waals surface area (Å²) in [5, 5.41) is 14.2. The molecule has 0 radical (unpaired) electrons. The molecule has 19 heavy (non-hydrogen) atoms. The van der Waals surface area contributed by atoms with Crippen LogP contribution >= 0.6 is 11.6 Å². The van der Waals surface area contributed by atoms with Crippen LogP contribution in [0, 0.1) is 11.3 Å². The fourth-order valence-electron chi connectivity index (χ4n) is 1.75. The molecule has 0 spiro atoms. The van der Waals surface area contributed by atoms with E-state index >= 15 is 0 Å². The van der Waals surface area contributed by atoms with Gasteiger partial charge in [0.2, 0.25) is 0 Å². The summed E-state index contributed by atoms with van der Waals surface area (Å²) in [6.45, 7) is 2.71. The molecule has 6 heteroatoms. The summed E-state index contributed by atoms with van der Waals surface area (Å²) in [4.78, 5) is 1.86. The lowest BCUT2D eigenvalue weighted by Crippen LogP contribution is -2.17. The van der Waals surface area contributed by atoms with E-state index in [0.717, 1.165) is 6.54 Å². The molecule has 0 bridgehead atoms. The van der Waals surface area contributed by atoms with E-state index in [-0.39, 0.29) is 0 Å². The zero-order valence-corrected chi connectivity index (χ0v) is 11.5. The van der Waals surface area contributed by atoms with Gasteiger partial charge in [0.15, 0.2) is 5.82 Å². The normalized spacial score (nSPS) is 10.2. The van der Waals surface area contributed by atoms with E-state index in [9.17, 15) is 5.26 Å². The van der Waals surface area contributed by atoms with Gasteiger partial charge in [-0.3, -0.25) is 0 Å². The first-order valence-electron chi connectivity index (χ1n) is 5.84. The van der Waals surface area contributed by atoms with E-state index in [4.69, 9.17) is 17.3 Å². The Morgan fingerprint density at radius 1 is 1.47 bits per heavy atom. The van der Waals surface area contributed by atoms with Crippen molar-refractivity contribution in [2.45, 2.75) is 6.92 Å². The smallest absolute Gasteiger partial charge is 0.171 e. The molecule has 98 valence electrons. The second-order valence-electron chi connectivity index (χ2n) is 4.07. The topological polar surface area (TPSA) is 70.9 Å². The van der Waals surface area contributed by atoms with Crippen LogP contribution in [0.4, 0.5) is 11.6 Å². The van der Waals surface area contributed by atoms with E-state index in [1.807, 2.05) is 37.1 Å². The molecule has 5 nitrogen and oxygen atoms in total. The summed E-state index contributed by atoms with van der Waals surface area (Å²) < 4.78 is 1.50. The van der Waals surface area contributed by atoms with Gasteiger partial charge in [0.1, 0.15) is 17.5 Å². The summed E-state index contributed by atoms with van der Waals surface area (Å²) in [5.74, 6) is 0.855. The molecule has 0 fully saturated rings. The summed E-state index contributed by atoms with van der Waals surface area (Å²) in [6, 6.07) is 9.33. The SMILES string of the molecule is CCN(C)c1nn(-c2ccccc2Cl)c(N)c1C#N. The second kappa shape index (κ2) is 5.21. The molecule has 0 aliphatic rings. The third-order valence-corrected chi connectivity index (χ3v) is 3.25. The number of anilines is 2. The molecule has 2 rings (SSSR count). The molecule has 0 aliphatic heterocycles. The van der Waals surface area contributed by atoms with E-state index in [1.165, 1.54) is 4.68 Å². The van der Waals surface area contributed by atoms with Gasteiger partial charge >= 0.3 is 0 Å². The number of nitrogens with zero attached hydrogens (tertiary/aromatic N) is 4. The Kier molecular flexibility index (Phi) is 3.63. The first kappa shape index (κ1) is 13.2. The fraction of sp³-hybridized carbons (Fsp3) is 0.231. The fourth-order valence-corrected chi connectivity index (χ4v) is 1.97. The molecule has 0 aliphatic carbocycles. The molecule has 0 amide bonds. The van der Waals surface area contributed by atoms with Gasteiger partial charge in [-0.1, -0.05) is 23.7 Å². The summed E-state index contributed by atoms with van der Waals surface area (Å²) >= 11 is 6.14. The minimum Gasteiger partial charge on any atom is -0.382 e. The lowest BCUT2D eigenvalue weighted by atomic mass is 10.3. The van der Waals surface area contributed by atoms with Crippen molar-refractivity contribution in [3.05, 3.63) is 34.9 Å². The first-order chi connectivity index (χ1) is 9.10. The number of para-hydroxylation sites is 1. The van der Waals surface area contributed by atoms with Crippen molar-refractivity contribution in [2.24, 2.45) is 0 Å². The van der Waals surface area contributed by atoms with Gasteiger partial charge in [-0.2, -0.15) is 5.26 Å². The lowest BCUT2D eigenvalue weighted by Gasteiger charge is -2.12. The maximum absolute atomic E-state index is 9.23. The molecular weight excluding hydrogens is 262 g/mol. The average molecular weight is 276 g/mol. The molecule has 0 unspecified atom stereocenters. The van der Waals surface area contributed by atoms with Crippen molar-refractivity contribution in [3.8, 4) is 11.8 Å². The molecule has 2 N–H and O–H groups in total. The highest BCUT2D eigenvalue weighted by Crippen LogP contribution is 2.29. The summed E-state index contributed by atoms with van der Waals surface area (Å²) in [7, 11) is 1.86. The van der Waals surface area contributed by atoms with Gasteiger partial charge in [-0.15, -0.1) is 5.10 Å². The van der Waals surface area contributed by atoms with E-state index < -0.39 is 0 Å². The van der Waals surface area contributed by atoms with Crippen molar-refractivity contribution >= 4 is 23.2 Å².